The van der Waals surface area contributed by atoms with Crippen LogP contribution in [0.5, 0.6) is 0 Å². The standard InChI is InChI=1S/C22H28BrN3O4S/c1-16(2)24-22(28)17(3)25(14-18-9-6-5-7-10-18)21(27)15-26(31(4,29)30)20-12-8-11-19(23)13-20/h5-13,16-17H,14-15H2,1-4H3,(H,24,28). The second-order valence-corrected chi connectivity index (χ2v) is 10.4. The van der Waals surface area contributed by atoms with Gasteiger partial charge in [-0.1, -0.05) is 52.3 Å². The van der Waals surface area contributed by atoms with Gasteiger partial charge in [0.25, 0.3) is 0 Å². The molecule has 0 fully saturated rings. The molecule has 0 aromatic heterocycles. The van der Waals surface area contributed by atoms with E-state index < -0.39 is 28.5 Å². The second kappa shape index (κ2) is 10.8. The Morgan fingerprint density at radius 1 is 1.03 bits per heavy atom. The molecule has 0 bridgehead atoms. The molecule has 0 aliphatic heterocycles. The summed E-state index contributed by atoms with van der Waals surface area (Å²) in [7, 11) is -3.74. The van der Waals surface area contributed by atoms with Crippen LogP contribution in [0.1, 0.15) is 26.3 Å². The molecule has 0 saturated heterocycles. The van der Waals surface area contributed by atoms with Crippen LogP contribution >= 0.6 is 15.9 Å². The molecule has 2 aromatic carbocycles. The van der Waals surface area contributed by atoms with Crippen molar-refractivity contribution < 1.29 is 18.0 Å². The Morgan fingerprint density at radius 3 is 2.23 bits per heavy atom. The van der Waals surface area contributed by atoms with Gasteiger partial charge in [-0.05, 0) is 44.5 Å². The molecule has 0 heterocycles. The third kappa shape index (κ3) is 7.36. The molecule has 0 saturated carbocycles. The normalized spacial score (nSPS) is 12.3. The molecule has 0 aliphatic carbocycles. The first kappa shape index (κ1) is 24.9. The molecular formula is C22H28BrN3O4S. The number of nitrogens with zero attached hydrogens (tertiary/aromatic N) is 2. The fourth-order valence-electron chi connectivity index (χ4n) is 3.01. The number of carbonyl (C=O) groups excluding carboxylic acids is 2. The number of carbonyl (C=O) groups is 2. The molecule has 168 valence electrons. The maximum absolute atomic E-state index is 13.3. The van der Waals surface area contributed by atoms with E-state index in [9.17, 15) is 18.0 Å². The summed E-state index contributed by atoms with van der Waals surface area (Å²) in [6.07, 6.45) is 1.05. The van der Waals surface area contributed by atoms with E-state index in [2.05, 4.69) is 21.2 Å². The van der Waals surface area contributed by atoms with E-state index in [0.717, 1.165) is 16.1 Å². The van der Waals surface area contributed by atoms with E-state index in [0.29, 0.717) is 10.2 Å². The lowest BCUT2D eigenvalue weighted by atomic mass is 10.1. The van der Waals surface area contributed by atoms with Crippen LogP contribution in [0.15, 0.2) is 59.1 Å². The van der Waals surface area contributed by atoms with Crippen molar-refractivity contribution >= 4 is 43.5 Å². The van der Waals surface area contributed by atoms with E-state index >= 15 is 0 Å². The predicted octanol–water partition coefficient (Wildman–Crippen LogP) is 3.16. The first-order valence-corrected chi connectivity index (χ1v) is 12.5. The van der Waals surface area contributed by atoms with Crippen molar-refractivity contribution in [2.45, 2.75) is 39.4 Å². The van der Waals surface area contributed by atoms with E-state index in [1.807, 2.05) is 44.2 Å². The van der Waals surface area contributed by atoms with Crippen molar-refractivity contribution in [3.05, 3.63) is 64.6 Å². The minimum atomic E-state index is -3.74. The van der Waals surface area contributed by atoms with Gasteiger partial charge in [0.1, 0.15) is 12.6 Å². The summed E-state index contributed by atoms with van der Waals surface area (Å²) < 4.78 is 26.7. The average Bonchev–Trinajstić information content (AvgIpc) is 2.69. The summed E-state index contributed by atoms with van der Waals surface area (Å²) in [6.45, 7) is 5.09. The van der Waals surface area contributed by atoms with Gasteiger partial charge in [-0.15, -0.1) is 0 Å². The minimum Gasteiger partial charge on any atom is -0.352 e. The van der Waals surface area contributed by atoms with Gasteiger partial charge < -0.3 is 10.2 Å². The first-order valence-electron chi connectivity index (χ1n) is 9.86. The zero-order valence-electron chi connectivity index (χ0n) is 18.1. The van der Waals surface area contributed by atoms with Crippen LogP contribution in [0.2, 0.25) is 0 Å². The molecular weight excluding hydrogens is 482 g/mol. The summed E-state index contributed by atoms with van der Waals surface area (Å²) in [5, 5.41) is 2.82. The van der Waals surface area contributed by atoms with Gasteiger partial charge in [-0.25, -0.2) is 8.42 Å². The van der Waals surface area contributed by atoms with Crippen molar-refractivity contribution in [3.63, 3.8) is 0 Å². The van der Waals surface area contributed by atoms with Crippen LogP contribution in [-0.4, -0.2) is 50.0 Å². The SMILES string of the molecule is CC(C)NC(=O)C(C)N(Cc1ccccc1)C(=O)CN(c1cccc(Br)c1)S(C)(=O)=O. The van der Waals surface area contributed by atoms with Crippen LogP contribution in [0.25, 0.3) is 0 Å². The van der Waals surface area contributed by atoms with Crippen molar-refractivity contribution in [2.24, 2.45) is 0 Å². The minimum absolute atomic E-state index is 0.0854. The van der Waals surface area contributed by atoms with Crippen LogP contribution in [0, 0.1) is 0 Å². The van der Waals surface area contributed by atoms with Gasteiger partial charge in [0.15, 0.2) is 0 Å². The Hall–Kier alpha value is -2.39. The Labute approximate surface area is 192 Å². The zero-order chi connectivity index (χ0) is 23.2. The molecule has 1 unspecified atom stereocenters. The lowest BCUT2D eigenvalue weighted by Crippen LogP contribution is -2.52. The molecule has 9 heteroatoms. The van der Waals surface area contributed by atoms with Crippen LogP contribution < -0.4 is 9.62 Å². The van der Waals surface area contributed by atoms with Crippen LogP contribution in [0.4, 0.5) is 5.69 Å². The highest BCUT2D eigenvalue weighted by Crippen LogP contribution is 2.23. The van der Waals surface area contributed by atoms with Crippen LogP contribution in [-0.2, 0) is 26.2 Å². The van der Waals surface area contributed by atoms with Crippen molar-refractivity contribution in [2.75, 3.05) is 17.1 Å². The Bertz CT molecular complexity index is 1010. The number of halogens is 1. The maximum Gasteiger partial charge on any atom is 0.244 e. The fourth-order valence-corrected chi connectivity index (χ4v) is 4.24. The third-order valence-electron chi connectivity index (χ3n) is 4.57. The third-order valence-corrected chi connectivity index (χ3v) is 6.20. The molecule has 2 aromatic rings. The maximum atomic E-state index is 13.3. The molecule has 7 nitrogen and oxygen atoms in total. The van der Waals surface area contributed by atoms with Gasteiger partial charge in [-0.2, -0.15) is 0 Å². The highest BCUT2D eigenvalue weighted by Gasteiger charge is 2.30. The average molecular weight is 510 g/mol. The number of nitrogens with one attached hydrogen (secondary N) is 1. The topological polar surface area (TPSA) is 86.8 Å². The molecule has 2 rings (SSSR count). The summed E-state index contributed by atoms with van der Waals surface area (Å²) in [4.78, 5) is 27.4. The quantitative estimate of drug-likeness (QED) is 0.562. The molecule has 1 N–H and O–H groups in total. The van der Waals surface area contributed by atoms with Crippen molar-refractivity contribution in [1.29, 1.82) is 0 Å². The lowest BCUT2D eigenvalue weighted by molar-refractivity contribution is -0.139. The lowest BCUT2D eigenvalue weighted by Gasteiger charge is -2.32. The molecule has 2 amide bonds. The van der Waals surface area contributed by atoms with Gasteiger partial charge >= 0.3 is 0 Å². The van der Waals surface area contributed by atoms with E-state index in [1.54, 1.807) is 31.2 Å². The number of rotatable bonds is 9. The number of hydrogen-bond donors (Lipinski definition) is 1. The highest BCUT2D eigenvalue weighted by atomic mass is 79.9. The van der Waals surface area contributed by atoms with Crippen molar-refractivity contribution in [1.82, 2.24) is 10.2 Å². The molecule has 0 spiro atoms. The number of anilines is 1. The highest BCUT2D eigenvalue weighted by molar-refractivity contribution is 9.10. The summed E-state index contributed by atoms with van der Waals surface area (Å²) in [5.74, 6) is -0.770. The number of sulfonamides is 1. The Morgan fingerprint density at radius 2 is 1.68 bits per heavy atom. The smallest absolute Gasteiger partial charge is 0.244 e. The Kier molecular flexibility index (Phi) is 8.64. The monoisotopic (exact) mass is 509 g/mol. The summed E-state index contributed by atoms with van der Waals surface area (Å²) in [6, 6.07) is 15.1. The molecule has 1 atom stereocenters. The van der Waals surface area contributed by atoms with Gasteiger partial charge in [0.05, 0.1) is 11.9 Å². The second-order valence-electron chi connectivity index (χ2n) is 7.60. The van der Waals surface area contributed by atoms with Crippen LogP contribution in [0.3, 0.4) is 0 Å². The van der Waals surface area contributed by atoms with Gasteiger partial charge in [-0.3, -0.25) is 13.9 Å². The zero-order valence-corrected chi connectivity index (χ0v) is 20.5. The predicted molar refractivity (Wildman–Crippen MR) is 126 cm³/mol. The summed E-state index contributed by atoms with van der Waals surface area (Å²) in [5.41, 5.74) is 1.21. The molecule has 31 heavy (non-hydrogen) atoms. The molecule has 0 radical (unpaired) electrons. The number of hydrogen-bond acceptors (Lipinski definition) is 4. The summed E-state index contributed by atoms with van der Waals surface area (Å²) >= 11 is 3.33. The van der Waals surface area contributed by atoms with Crippen molar-refractivity contribution in [3.8, 4) is 0 Å². The Balaban J connectivity index is 2.36. The van der Waals surface area contributed by atoms with Gasteiger partial charge in [0.2, 0.25) is 21.8 Å². The molecule has 0 aliphatic rings. The fraction of sp³-hybridized carbons (Fsp3) is 0.364. The van der Waals surface area contributed by atoms with E-state index in [1.165, 1.54) is 4.90 Å². The van der Waals surface area contributed by atoms with E-state index in [-0.39, 0.29) is 18.5 Å². The number of amides is 2. The first-order chi connectivity index (χ1) is 14.5. The van der Waals surface area contributed by atoms with Gasteiger partial charge in [0, 0.05) is 17.1 Å². The number of benzene rings is 2. The largest absolute Gasteiger partial charge is 0.352 e. The van der Waals surface area contributed by atoms with E-state index in [4.69, 9.17) is 0 Å².